The molecule has 1 amide bonds. The van der Waals surface area contributed by atoms with Gasteiger partial charge in [-0.1, -0.05) is 23.5 Å². The van der Waals surface area contributed by atoms with Gasteiger partial charge >= 0.3 is 12.1 Å². The first-order valence-corrected chi connectivity index (χ1v) is 8.12. The van der Waals surface area contributed by atoms with Gasteiger partial charge in [-0.3, -0.25) is 10.1 Å². The number of hydrogen-bond acceptors (Lipinski definition) is 7. The fraction of sp³-hybridized carbons (Fsp3) is 0.231. The standard InChI is InChI=1S/C13H10F3N3O3S2/c1-22-10(21)7-4-2-3-5-8(7)23-6-9(20)17-12-19-18-11(24-12)13(14,15)16/h2-5H,6H2,1H3,(H,17,19,20). The zero-order chi connectivity index (χ0) is 17.7. The molecule has 11 heteroatoms. The van der Waals surface area contributed by atoms with Crippen LogP contribution in [-0.4, -0.2) is 34.9 Å². The Balaban J connectivity index is 1.97. The van der Waals surface area contributed by atoms with Gasteiger partial charge in [0.1, 0.15) is 0 Å². The molecule has 0 bridgehead atoms. The summed E-state index contributed by atoms with van der Waals surface area (Å²) in [7, 11) is 1.24. The molecule has 0 atom stereocenters. The van der Waals surface area contributed by atoms with Gasteiger partial charge in [0.2, 0.25) is 16.0 Å². The second kappa shape index (κ2) is 7.62. The number of rotatable bonds is 5. The average Bonchev–Trinajstić information content (AvgIpc) is 3.01. The Morgan fingerprint density at radius 2 is 2.00 bits per heavy atom. The first-order valence-electron chi connectivity index (χ1n) is 6.32. The lowest BCUT2D eigenvalue weighted by Gasteiger charge is -2.06. The molecule has 0 aliphatic carbocycles. The van der Waals surface area contributed by atoms with Crippen LogP contribution in [0.1, 0.15) is 15.4 Å². The normalized spacial score (nSPS) is 11.2. The van der Waals surface area contributed by atoms with E-state index in [0.29, 0.717) is 10.5 Å². The van der Waals surface area contributed by atoms with E-state index < -0.39 is 23.1 Å². The largest absolute Gasteiger partial charge is 0.465 e. The minimum absolute atomic E-state index is 0.116. The zero-order valence-corrected chi connectivity index (χ0v) is 13.7. The van der Waals surface area contributed by atoms with Crippen molar-refractivity contribution in [1.82, 2.24) is 10.2 Å². The highest BCUT2D eigenvalue weighted by Gasteiger charge is 2.35. The quantitative estimate of drug-likeness (QED) is 0.637. The number of amides is 1. The molecular formula is C13H10F3N3O3S2. The van der Waals surface area contributed by atoms with Crippen molar-refractivity contribution in [2.24, 2.45) is 0 Å². The molecule has 0 saturated heterocycles. The number of nitrogens with zero attached hydrogens (tertiary/aromatic N) is 2. The van der Waals surface area contributed by atoms with Crippen LogP contribution in [0, 0.1) is 0 Å². The maximum Gasteiger partial charge on any atom is 0.445 e. The second-order valence-electron chi connectivity index (χ2n) is 4.23. The van der Waals surface area contributed by atoms with E-state index in [1.54, 1.807) is 24.3 Å². The predicted octanol–water partition coefficient (Wildman–Crippen LogP) is 3.07. The van der Waals surface area contributed by atoms with Gasteiger partial charge in [0, 0.05) is 4.90 Å². The number of hydrogen-bond donors (Lipinski definition) is 1. The number of carbonyl (C=O) groups excluding carboxylic acids is 2. The smallest absolute Gasteiger partial charge is 0.445 e. The fourth-order valence-corrected chi connectivity index (χ4v) is 3.03. The molecule has 0 fully saturated rings. The number of benzene rings is 1. The van der Waals surface area contributed by atoms with Gasteiger partial charge in [-0.15, -0.1) is 22.0 Å². The summed E-state index contributed by atoms with van der Waals surface area (Å²) in [5.41, 5.74) is 0.299. The van der Waals surface area contributed by atoms with E-state index in [0.717, 1.165) is 11.8 Å². The Kier molecular flexibility index (Phi) is 5.78. The summed E-state index contributed by atoms with van der Waals surface area (Å²) in [4.78, 5) is 23.9. The monoisotopic (exact) mass is 377 g/mol. The van der Waals surface area contributed by atoms with Crippen LogP contribution in [0.15, 0.2) is 29.2 Å². The number of aromatic nitrogens is 2. The van der Waals surface area contributed by atoms with Crippen molar-refractivity contribution in [1.29, 1.82) is 0 Å². The van der Waals surface area contributed by atoms with Crippen LogP contribution in [-0.2, 0) is 15.7 Å². The van der Waals surface area contributed by atoms with Crippen LogP contribution in [0.25, 0.3) is 0 Å². The van der Waals surface area contributed by atoms with Crippen molar-refractivity contribution >= 4 is 40.1 Å². The van der Waals surface area contributed by atoms with E-state index in [9.17, 15) is 22.8 Å². The van der Waals surface area contributed by atoms with Crippen LogP contribution in [0.5, 0.6) is 0 Å². The van der Waals surface area contributed by atoms with E-state index in [2.05, 4.69) is 20.3 Å². The van der Waals surface area contributed by atoms with Gasteiger partial charge in [0.25, 0.3) is 0 Å². The molecule has 2 aromatic rings. The summed E-state index contributed by atoms with van der Waals surface area (Å²) >= 11 is 1.29. The number of halogens is 3. The summed E-state index contributed by atoms with van der Waals surface area (Å²) in [5, 5.41) is 7.10. The summed E-state index contributed by atoms with van der Waals surface area (Å²) in [6.07, 6.45) is -4.60. The molecule has 0 aliphatic heterocycles. The van der Waals surface area contributed by atoms with Crippen LogP contribution in [0.4, 0.5) is 18.3 Å². The van der Waals surface area contributed by atoms with E-state index >= 15 is 0 Å². The number of esters is 1. The third-order valence-corrected chi connectivity index (χ3v) is 4.52. The van der Waals surface area contributed by atoms with Gasteiger partial charge < -0.3 is 4.74 Å². The molecule has 0 unspecified atom stereocenters. The van der Waals surface area contributed by atoms with E-state index in [1.807, 2.05) is 0 Å². The van der Waals surface area contributed by atoms with Crippen molar-refractivity contribution in [3.05, 3.63) is 34.8 Å². The summed E-state index contributed by atoms with van der Waals surface area (Å²) < 4.78 is 41.9. The lowest BCUT2D eigenvalue weighted by atomic mass is 10.2. The zero-order valence-electron chi connectivity index (χ0n) is 12.1. The average molecular weight is 377 g/mol. The van der Waals surface area contributed by atoms with Crippen molar-refractivity contribution in [3.8, 4) is 0 Å². The highest BCUT2D eigenvalue weighted by atomic mass is 32.2. The number of anilines is 1. The molecule has 0 spiro atoms. The van der Waals surface area contributed by atoms with Crippen LogP contribution in [0.3, 0.4) is 0 Å². The van der Waals surface area contributed by atoms with Gasteiger partial charge in [-0.05, 0) is 12.1 Å². The molecule has 1 aromatic carbocycles. The molecule has 2 rings (SSSR count). The van der Waals surface area contributed by atoms with Crippen molar-refractivity contribution < 1.29 is 27.5 Å². The van der Waals surface area contributed by atoms with Crippen molar-refractivity contribution in [3.63, 3.8) is 0 Å². The summed E-state index contributed by atoms with van der Waals surface area (Å²) in [6.45, 7) is 0. The number of carbonyl (C=O) groups is 2. The number of alkyl halides is 3. The molecule has 1 heterocycles. The summed E-state index contributed by atoms with van der Waals surface area (Å²) in [5.74, 6) is -1.23. The van der Waals surface area contributed by atoms with Gasteiger partial charge in [0.15, 0.2) is 0 Å². The third-order valence-electron chi connectivity index (χ3n) is 2.56. The second-order valence-corrected chi connectivity index (χ2v) is 6.23. The van der Waals surface area contributed by atoms with Crippen LogP contribution < -0.4 is 5.32 Å². The third kappa shape index (κ3) is 4.68. The van der Waals surface area contributed by atoms with Gasteiger partial charge in [-0.25, -0.2) is 4.79 Å². The first-order chi connectivity index (χ1) is 11.3. The number of nitrogens with one attached hydrogen (secondary N) is 1. The van der Waals surface area contributed by atoms with Crippen LogP contribution >= 0.6 is 23.1 Å². The fourth-order valence-electron chi connectivity index (χ4n) is 1.56. The molecule has 24 heavy (non-hydrogen) atoms. The Hall–Kier alpha value is -2.14. The minimum Gasteiger partial charge on any atom is -0.465 e. The van der Waals surface area contributed by atoms with Crippen molar-refractivity contribution in [2.45, 2.75) is 11.1 Å². The summed E-state index contributed by atoms with van der Waals surface area (Å²) in [6, 6.07) is 6.52. The lowest BCUT2D eigenvalue weighted by Crippen LogP contribution is -2.14. The lowest BCUT2D eigenvalue weighted by molar-refractivity contribution is -0.138. The molecule has 1 aromatic heterocycles. The maximum absolute atomic E-state index is 12.4. The van der Waals surface area contributed by atoms with Gasteiger partial charge in [-0.2, -0.15) is 13.2 Å². The topological polar surface area (TPSA) is 81.2 Å². The molecule has 0 aliphatic rings. The SMILES string of the molecule is COC(=O)c1ccccc1SCC(=O)Nc1nnc(C(F)(F)F)s1. The van der Waals surface area contributed by atoms with Crippen LogP contribution in [0.2, 0.25) is 0 Å². The number of thioether (sulfide) groups is 1. The Labute approximate surface area is 142 Å². The molecule has 0 radical (unpaired) electrons. The van der Waals surface area contributed by atoms with E-state index in [4.69, 9.17) is 0 Å². The Morgan fingerprint density at radius 1 is 1.29 bits per heavy atom. The van der Waals surface area contributed by atoms with E-state index in [1.165, 1.54) is 7.11 Å². The Morgan fingerprint density at radius 3 is 2.62 bits per heavy atom. The molecule has 0 saturated carbocycles. The molecule has 1 N–H and O–H groups in total. The van der Waals surface area contributed by atoms with E-state index in [-0.39, 0.29) is 22.2 Å². The molecular weight excluding hydrogens is 367 g/mol. The predicted molar refractivity (Wildman–Crippen MR) is 82.0 cm³/mol. The first kappa shape index (κ1) is 18.2. The maximum atomic E-state index is 12.4. The molecule has 6 nitrogen and oxygen atoms in total. The van der Waals surface area contributed by atoms with Crippen molar-refractivity contribution in [2.75, 3.05) is 18.2 Å². The highest BCUT2D eigenvalue weighted by molar-refractivity contribution is 8.00. The highest BCUT2D eigenvalue weighted by Crippen LogP contribution is 2.33. The number of ether oxygens (including phenoxy) is 1. The number of methoxy groups -OCH3 is 1. The molecule has 128 valence electrons. The minimum atomic E-state index is -4.60. The Bertz CT molecular complexity index is 749. The van der Waals surface area contributed by atoms with Gasteiger partial charge in [0.05, 0.1) is 18.4 Å².